The number of hydrogen-bond acceptors (Lipinski definition) is 2. The fraction of sp³-hybridized carbons (Fsp3) is 0.636. The topological polar surface area (TPSA) is 69.6 Å². The minimum atomic E-state index is -1.03. The maximum absolute atomic E-state index is 11.8. The van der Waals surface area contributed by atoms with E-state index in [1.807, 2.05) is 0 Å². The van der Waals surface area contributed by atoms with Crippen LogP contribution >= 0.6 is 0 Å². The van der Waals surface area contributed by atoms with Crippen LogP contribution in [-0.4, -0.2) is 40.1 Å². The van der Waals surface area contributed by atoms with Crippen LogP contribution in [0.4, 0.5) is 4.79 Å². The molecule has 0 aromatic carbocycles. The largest absolute Gasteiger partial charge is 0.480 e. The minimum Gasteiger partial charge on any atom is -0.480 e. The molecule has 0 aromatic rings. The van der Waals surface area contributed by atoms with E-state index < -0.39 is 17.5 Å². The molecule has 0 aliphatic carbocycles. The molecule has 2 amide bonds. The summed E-state index contributed by atoms with van der Waals surface area (Å²) in [4.78, 5) is 23.7. The minimum absolute atomic E-state index is 0.189. The second kappa shape index (κ2) is 5.53. The van der Waals surface area contributed by atoms with Gasteiger partial charge in [0.15, 0.2) is 0 Å². The summed E-state index contributed by atoms with van der Waals surface area (Å²) in [5, 5.41) is 11.4. The van der Waals surface area contributed by atoms with Crippen molar-refractivity contribution in [3.63, 3.8) is 0 Å². The summed E-state index contributed by atoms with van der Waals surface area (Å²) in [5.74, 6) is -1.03. The van der Waals surface area contributed by atoms with Gasteiger partial charge in [-0.25, -0.2) is 4.79 Å². The Morgan fingerprint density at radius 3 is 2.31 bits per heavy atom. The number of rotatable bonds is 4. The van der Waals surface area contributed by atoms with Crippen LogP contribution in [-0.2, 0) is 4.79 Å². The highest BCUT2D eigenvalue weighted by Crippen LogP contribution is 2.13. The Hall–Kier alpha value is -1.52. The van der Waals surface area contributed by atoms with E-state index in [-0.39, 0.29) is 12.6 Å². The molecule has 0 spiro atoms. The number of aliphatic carboxylic acids is 1. The van der Waals surface area contributed by atoms with Crippen LogP contribution in [0.15, 0.2) is 12.7 Å². The number of carboxylic acids is 1. The molecule has 0 aromatic heterocycles. The van der Waals surface area contributed by atoms with Crippen LogP contribution in [0.2, 0.25) is 0 Å². The number of hydrogen-bond donors (Lipinski definition) is 2. The average molecular weight is 228 g/mol. The van der Waals surface area contributed by atoms with Crippen LogP contribution in [0.3, 0.4) is 0 Å². The molecule has 16 heavy (non-hydrogen) atoms. The van der Waals surface area contributed by atoms with E-state index in [0.29, 0.717) is 0 Å². The summed E-state index contributed by atoms with van der Waals surface area (Å²) < 4.78 is 0. The maximum atomic E-state index is 11.8. The highest BCUT2D eigenvalue weighted by Gasteiger charge is 2.28. The summed E-state index contributed by atoms with van der Waals surface area (Å²) in [6, 6.07) is -0.589. The van der Waals surface area contributed by atoms with E-state index >= 15 is 0 Å². The summed E-state index contributed by atoms with van der Waals surface area (Å²) in [7, 11) is 0. The fourth-order valence-corrected chi connectivity index (χ4v) is 1.08. The lowest BCUT2D eigenvalue weighted by Crippen LogP contribution is -2.53. The number of carboxylic acid groups (broad SMARTS) is 1. The summed E-state index contributed by atoms with van der Waals surface area (Å²) in [6.07, 6.45) is 1.58. The molecule has 0 aliphatic heterocycles. The van der Waals surface area contributed by atoms with E-state index in [9.17, 15) is 9.59 Å². The van der Waals surface area contributed by atoms with Crippen LogP contribution in [0.5, 0.6) is 0 Å². The van der Waals surface area contributed by atoms with E-state index in [4.69, 9.17) is 5.11 Å². The summed E-state index contributed by atoms with van der Waals surface area (Å²) in [6.45, 7) is 10.4. The van der Waals surface area contributed by atoms with Crippen LogP contribution in [0, 0.1) is 0 Å². The third kappa shape index (κ3) is 4.82. The zero-order valence-electron chi connectivity index (χ0n) is 10.3. The Kier molecular flexibility index (Phi) is 5.01. The predicted octanol–water partition coefficient (Wildman–Crippen LogP) is 1.46. The molecular weight excluding hydrogens is 208 g/mol. The summed E-state index contributed by atoms with van der Waals surface area (Å²) >= 11 is 0. The molecule has 0 saturated heterocycles. The molecule has 0 saturated carbocycles. The Bertz CT molecular complexity index is 281. The van der Waals surface area contributed by atoms with Gasteiger partial charge < -0.3 is 15.3 Å². The highest BCUT2D eigenvalue weighted by atomic mass is 16.4. The lowest BCUT2D eigenvalue weighted by molar-refractivity contribution is -0.138. The zero-order chi connectivity index (χ0) is 12.9. The van der Waals surface area contributed by atoms with Crippen molar-refractivity contribution in [3.8, 4) is 0 Å². The number of urea groups is 1. The van der Waals surface area contributed by atoms with Gasteiger partial charge in [0.2, 0.25) is 0 Å². The van der Waals surface area contributed by atoms with Crippen molar-refractivity contribution in [3.05, 3.63) is 12.7 Å². The Labute approximate surface area is 96.1 Å². The monoisotopic (exact) mass is 228 g/mol. The van der Waals surface area contributed by atoms with Gasteiger partial charge in [0, 0.05) is 11.6 Å². The lowest BCUT2D eigenvalue weighted by atomic mass is 10.1. The molecular formula is C11H20N2O3. The second-order valence-corrected chi connectivity index (χ2v) is 4.62. The fourth-order valence-electron chi connectivity index (χ4n) is 1.08. The van der Waals surface area contributed by atoms with Gasteiger partial charge in [-0.05, 0) is 27.7 Å². The van der Waals surface area contributed by atoms with Crippen molar-refractivity contribution in [1.29, 1.82) is 0 Å². The van der Waals surface area contributed by atoms with Crippen molar-refractivity contribution in [2.75, 3.05) is 6.54 Å². The molecule has 0 fully saturated rings. The van der Waals surface area contributed by atoms with Crippen molar-refractivity contribution in [2.24, 2.45) is 0 Å². The zero-order valence-corrected chi connectivity index (χ0v) is 10.3. The Balaban J connectivity index is 4.70. The molecule has 0 bridgehead atoms. The van der Waals surface area contributed by atoms with E-state index in [2.05, 4.69) is 11.9 Å². The van der Waals surface area contributed by atoms with Gasteiger partial charge in [-0.1, -0.05) is 6.08 Å². The molecule has 5 heteroatoms. The third-order valence-corrected chi connectivity index (χ3v) is 2.05. The standard InChI is InChI=1S/C11H20N2O3/c1-6-8(2)12-10(16)13(7-9(14)15)11(3,4)5/h6,8H,1,7H2,2-5H3,(H,12,16)(H,14,15). The molecule has 0 aliphatic rings. The molecule has 1 atom stereocenters. The first kappa shape index (κ1) is 14.5. The molecule has 0 heterocycles. The molecule has 0 radical (unpaired) electrons. The lowest BCUT2D eigenvalue weighted by Gasteiger charge is -2.34. The Morgan fingerprint density at radius 2 is 2.00 bits per heavy atom. The van der Waals surface area contributed by atoms with E-state index in [0.717, 1.165) is 0 Å². The van der Waals surface area contributed by atoms with Gasteiger partial charge in [0.25, 0.3) is 0 Å². The molecule has 5 nitrogen and oxygen atoms in total. The molecule has 0 rings (SSSR count). The first-order valence-corrected chi connectivity index (χ1v) is 5.11. The van der Waals surface area contributed by atoms with Gasteiger partial charge >= 0.3 is 12.0 Å². The average Bonchev–Trinajstić information content (AvgIpc) is 2.11. The number of nitrogens with one attached hydrogen (secondary N) is 1. The second-order valence-electron chi connectivity index (χ2n) is 4.62. The van der Waals surface area contributed by atoms with Gasteiger partial charge in [0.1, 0.15) is 6.54 Å². The summed E-state index contributed by atoms with van der Waals surface area (Å²) in [5.41, 5.74) is -0.538. The number of carbonyl (C=O) groups is 2. The van der Waals surface area contributed by atoms with Crippen LogP contribution in [0.1, 0.15) is 27.7 Å². The van der Waals surface area contributed by atoms with Crippen LogP contribution in [0.25, 0.3) is 0 Å². The molecule has 2 N–H and O–H groups in total. The van der Waals surface area contributed by atoms with Crippen molar-refractivity contribution >= 4 is 12.0 Å². The van der Waals surface area contributed by atoms with Gasteiger partial charge in [-0.3, -0.25) is 4.79 Å². The van der Waals surface area contributed by atoms with E-state index in [1.165, 1.54) is 4.90 Å². The first-order valence-electron chi connectivity index (χ1n) is 5.11. The highest BCUT2D eigenvalue weighted by molar-refractivity contribution is 5.81. The van der Waals surface area contributed by atoms with Crippen molar-refractivity contribution in [1.82, 2.24) is 10.2 Å². The normalized spacial score (nSPS) is 12.8. The number of nitrogens with zero attached hydrogens (tertiary/aromatic N) is 1. The van der Waals surface area contributed by atoms with Crippen molar-refractivity contribution < 1.29 is 14.7 Å². The van der Waals surface area contributed by atoms with Crippen molar-refractivity contribution in [2.45, 2.75) is 39.3 Å². The SMILES string of the molecule is C=CC(C)NC(=O)N(CC(=O)O)C(C)(C)C. The molecule has 1 unspecified atom stereocenters. The van der Waals surface area contributed by atoms with Gasteiger partial charge in [-0.2, -0.15) is 0 Å². The van der Waals surface area contributed by atoms with Crippen LogP contribution < -0.4 is 5.32 Å². The molecule has 92 valence electrons. The first-order chi connectivity index (χ1) is 7.18. The smallest absolute Gasteiger partial charge is 0.323 e. The third-order valence-electron chi connectivity index (χ3n) is 2.05. The maximum Gasteiger partial charge on any atom is 0.323 e. The Morgan fingerprint density at radius 1 is 1.50 bits per heavy atom. The van der Waals surface area contributed by atoms with E-state index in [1.54, 1.807) is 33.8 Å². The number of carbonyl (C=O) groups excluding carboxylic acids is 1. The predicted molar refractivity (Wildman–Crippen MR) is 62.3 cm³/mol. The number of amides is 2. The van der Waals surface area contributed by atoms with Gasteiger partial charge in [-0.15, -0.1) is 6.58 Å². The van der Waals surface area contributed by atoms with Gasteiger partial charge in [0.05, 0.1) is 0 Å². The quantitative estimate of drug-likeness (QED) is 0.716.